The summed E-state index contributed by atoms with van der Waals surface area (Å²) in [6, 6.07) is 14.8. The van der Waals surface area contributed by atoms with Crippen molar-refractivity contribution in [1.82, 2.24) is 0 Å². The molecule has 2 fully saturated rings. The van der Waals surface area contributed by atoms with E-state index in [1.54, 1.807) is 18.2 Å². The molecule has 0 bridgehead atoms. The van der Waals surface area contributed by atoms with E-state index in [1.807, 2.05) is 18.2 Å². The van der Waals surface area contributed by atoms with Gasteiger partial charge in [0.1, 0.15) is 0 Å². The maximum absolute atomic E-state index is 15.1. The number of thiophene rings is 1. The quantitative estimate of drug-likeness (QED) is 0.267. The number of rotatable bonds is 8. The standard InChI is InChI=1S/C33H40F2OS/c1-3-5-23-7-10-25(11-8-23)26-13-15-27(16-14-26)28-17-19-30(20-18-28)33(34,35)36-32-22-29-12-9-24(6-4-2)21-31(29)37-32/h3,5,9,12,17-23,25-27H,4,6-8,10-11,13-16H2,1-2H3/b5-3+. The Balaban J connectivity index is 1.17. The summed E-state index contributed by atoms with van der Waals surface area (Å²) >= 11 is 1.29. The van der Waals surface area contributed by atoms with Crippen LogP contribution in [0.25, 0.3) is 10.1 Å². The molecule has 0 saturated heterocycles. The minimum Gasteiger partial charge on any atom is -0.419 e. The van der Waals surface area contributed by atoms with Gasteiger partial charge in [0.05, 0.1) is 5.56 Å². The summed E-state index contributed by atoms with van der Waals surface area (Å²) in [6.45, 7) is 4.27. The molecule has 0 aliphatic heterocycles. The Morgan fingerprint density at radius 3 is 2.22 bits per heavy atom. The minimum absolute atomic E-state index is 0.0769. The van der Waals surface area contributed by atoms with Crippen LogP contribution in [0.3, 0.4) is 0 Å². The summed E-state index contributed by atoms with van der Waals surface area (Å²) in [7, 11) is 0. The second-order valence-corrected chi connectivity index (χ2v) is 12.3. The molecular formula is C33H40F2OS. The molecule has 4 heteroatoms. The fraction of sp³-hybridized carbons (Fsp3) is 0.515. The zero-order valence-corrected chi connectivity index (χ0v) is 23.0. The summed E-state index contributed by atoms with van der Waals surface area (Å²) in [5.41, 5.74) is 2.35. The molecule has 5 rings (SSSR count). The molecule has 198 valence electrons. The third-order valence-corrected chi connectivity index (χ3v) is 9.74. The predicted molar refractivity (Wildman–Crippen MR) is 152 cm³/mol. The first kappa shape index (κ1) is 26.4. The molecule has 1 nitrogen and oxygen atoms in total. The molecule has 1 aromatic heterocycles. The van der Waals surface area contributed by atoms with Gasteiger partial charge >= 0.3 is 6.11 Å². The molecule has 1 heterocycles. The second-order valence-electron chi connectivity index (χ2n) is 11.2. The highest BCUT2D eigenvalue weighted by molar-refractivity contribution is 7.20. The monoisotopic (exact) mass is 522 g/mol. The van der Waals surface area contributed by atoms with Gasteiger partial charge in [-0.25, -0.2) is 0 Å². The lowest BCUT2D eigenvalue weighted by atomic mass is 9.68. The van der Waals surface area contributed by atoms with Gasteiger partial charge in [0.15, 0.2) is 5.06 Å². The van der Waals surface area contributed by atoms with Crippen LogP contribution in [0.5, 0.6) is 5.06 Å². The van der Waals surface area contributed by atoms with E-state index >= 15 is 8.78 Å². The molecule has 0 atom stereocenters. The molecule has 37 heavy (non-hydrogen) atoms. The lowest BCUT2D eigenvalue weighted by Gasteiger charge is -2.37. The van der Waals surface area contributed by atoms with Crippen molar-refractivity contribution in [3.8, 4) is 5.06 Å². The Hall–Kier alpha value is -2.20. The molecule has 0 spiro atoms. The normalized spacial score (nSPS) is 25.1. The number of ether oxygens (including phenoxy) is 1. The Kier molecular flexibility index (Phi) is 8.34. The molecular weight excluding hydrogens is 482 g/mol. The van der Waals surface area contributed by atoms with Gasteiger partial charge in [0, 0.05) is 4.70 Å². The van der Waals surface area contributed by atoms with Crippen molar-refractivity contribution in [2.75, 3.05) is 0 Å². The van der Waals surface area contributed by atoms with Crippen molar-refractivity contribution in [3.05, 3.63) is 77.4 Å². The van der Waals surface area contributed by atoms with Crippen molar-refractivity contribution in [3.63, 3.8) is 0 Å². The van der Waals surface area contributed by atoms with Crippen molar-refractivity contribution in [2.45, 2.75) is 90.1 Å². The van der Waals surface area contributed by atoms with Crippen molar-refractivity contribution >= 4 is 21.4 Å². The number of halogens is 2. The van der Waals surface area contributed by atoms with Gasteiger partial charge < -0.3 is 4.74 Å². The van der Waals surface area contributed by atoms with Gasteiger partial charge in [-0.1, -0.05) is 61.1 Å². The molecule has 0 N–H and O–H groups in total. The maximum atomic E-state index is 15.1. The highest BCUT2D eigenvalue weighted by Gasteiger charge is 2.36. The third-order valence-electron chi connectivity index (χ3n) is 8.77. The Bertz CT molecular complexity index is 1180. The minimum atomic E-state index is -3.35. The van der Waals surface area contributed by atoms with Crippen molar-refractivity contribution in [1.29, 1.82) is 0 Å². The molecule has 2 aliphatic rings. The number of benzene rings is 2. The fourth-order valence-corrected chi connectivity index (χ4v) is 7.69. The van der Waals surface area contributed by atoms with E-state index in [4.69, 9.17) is 4.74 Å². The van der Waals surface area contributed by atoms with Crippen LogP contribution in [-0.2, 0) is 12.5 Å². The van der Waals surface area contributed by atoms with Gasteiger partial charge in [0.2, 0.25) is 0 Å². The van der Waals surface area contributed by atoms with Gasteiger partial charge in [-0.2, -0.15) is 8.78 Å². The average molecular weight is 523 g/mol. The van der Waals surface area contributed by atoms with Crippen LogP contribution in [0.15, 0.2) is 60.7 Å². The van der Waals surface area contributed by atoms with Crippen LogP contribution in [0, 0.1) is 17.8 Å². The largest absolute Gasteiger partial charge is 0.427 e. The summed E-state index contributed by atoms with van der Waals surface area (Å²) in [4.78, 5) is 0. The second kappa shape index (κ2) is 11.7. The first-order valence-corrected chi connectivity index (χ1v) is 15.1. The fourth-order valence-electron chi connectivity index (χ4n) is 6.69. The van der Waals surface area contributed by atoms with Crippen LogP contribution in [0.4, 0.5) is 8.78 Å². The van der Waals surface area contributed by atoms with Gasteiger partial charge in [0.25, 0.3) is 0 Å². The van der Waals surface area contributed by atoms with Gasteiger partial charge in [-0.3, -0.25) is 0 Å². The van der Waals surface area contributed by atoms with Gasteiger partial charge in [-0.15, -0.1) is 0 Å². The van der Waals surface area contributed by atoms with E-state index in [-0.39, 0.29) is 10.6 Å². The van der Waals surface area contributed by atoms with E-state index in [1.165, 1.54) is 73.8 Å². The Morgan fingerprint density at radius 1 is 0.892 bits per heavy atom. The predicted octanol–water partition coefficient (Wildman–Crippen LogP) is 10.6. The number of aryl methyl sites for hydroxylation is 1. The van der Waals surface area contributed by atoms with E-state index in [2.05, 4.69) is 38.1 Å². The average Bonchev–Trinajstić information content (AvgIpc) is 3.30. The lowest BCUT2D eigenvalue weighted by molar-refractivity contribution is -0.183. The molecule has 2 saturated carbocycles. The highest BCUT2D eigenvalue weighted by Crippen LogP contribution is 2.45. The zero-order chi connectivity index (χ0) is 25.8. The summed E-state index contributed by atoms with van der Waals surface area (Å²) in [6.07, 6.45) is 13.6. The molecule has 0 radical (unpaired) electrons. The van der Waals surface area contributed by atoms with E-state index < -0.39 is 6.11 Å². The van der Waals surface area contributed by atoms with E-state index in [9.17, 15) is 0 Å². The molecule has 0 amide bonds. The first-order valence-electron chi connectivity index (χ1n) is 14.3. The van der Waals surface area contributed by atoms with Crippen molar-refractivity contribution < 1.29 is 13.5 Å². The number of allylic oxidation sites excluding steroid dienone is 2. The maximum Gasteiger partial charge on any atom is 0.427 e. The van der Waals surface area contributed by atoms with Crippen LogP contribution >= 0.6 is 11.3 Å². The zero-order valence-electron chi connectivity index (χ0n) is 22.2. The van der Waals surface area contributed by atoms with E-state index in [0.29, 0.717) is 5.92 Å². The molecule has 2 aliphatic carbocycles. The molecule has 3 aromatic rings. The number of hydrogen-bond acceptors (Lipinski definition) is 2. The van der Waals surface area contributed by atoms with E-state index in [0.717, 1.165) is 40.7 Å². The number of alkyl halides is 2. The molecule has 0 unspecified atom stereocenters. The highest BCUT2D eigenvalue weighted by atomic mass is 32.1. The third kappa shape index (κ3) is 6.28. The number of fused-ring (bicyclic) bond motifs is 1. The van der Waals surface area contributed by atoms with Crippen LogP contribution in [0.2, 0.25) is 0 Å². The Morgan fingerprint density at radius 2 is 1.57 bits per heavy atom. The first-order chi connectivity index (χ1) is 17.9. The molecule has 2 aromatic carbocycles. The topological polar surface area (TPSA) is 9.23 Å². The number of hydrogen-bond donors (Lipinski definition) is 0. The van der Waals surface area contributed by atoms with Crippen molar-refractivity contribution in [2.24, 2.45) is 17.8 Å². The smallest absolute Gasteiger partial charge is 0.419 e. The van der Waals surface area contributed by atoms with Crippen LogP contribution in [0.1, 0.15) is 94.2 Å². The van der Waals surface area contributed by atoms with Gasteiger partial charge in [-0.05, 0) is 129 Å². The van der Waals surface area contributed by atoms with Crippen LogP contribution in [-0.4, -0.2) is 0 Å². The van der Waals surface area contributed by atoms with Crippen LogP contribution < -0.4 is 4.74 Å². The summed E-state index contributed by atoms with van der Waals surface area (Å²) in [5, 5.41) is 1.21. The summed E-state index contributed by atoms with van der Waals surface area (Å²) < 4.78 is 36.4. The lowest BCUT2D eigenvalue weighted by Crippen LogP contribution is -2.25. The summed E-state index contributed by atoms with van der Waals surface area (Å²) in [5.74, 6) is 3.00. The SMILES string of the molecule is C/C=C/C1CCC(C2CCC(c3ccc(C(F)(F)Oc4cc5ccc(CCC)cc5s4)cc3)CC2)CC1. The Labute approximate surface area is 224 Å².